The number of benzene rings is 1. The second kappa shape index (κ2) is 13.5. The van der Waals surface area contributed by atoms with Gasteiger partial charge in [0.25, 0.3) is 0 Å². The van der Waals surface area contributed by atoms with Crippen LogP contribution in [0.15, 0.2) is 18.2 Å². The molecule has 0 radical (unpaired) electrons. The predicted molar refractivity (Wildman–Crippen MR) is 122 cm³/mol. The van der Waals surface area contributed by atoms with Crippen molar-refractivity contribution in [3.63, 3.8) is 0 Å². The van der Waals surface area contributed by atoms with E-state index in [2.05, 4.69) is 5.32 Å². The summed E-state index contributed by atoms with van der Waals surface area (Å²) in [6, 6.07) is 3.67. The maximum atomic E-state index is 11.9. The number of hydrogen-bond donors (Lipinski definition) is 1. The van der Waals surface area contributed by atoms with Crippen molar-refractivity contribution in [3.8, 4) is 5.75 Å². The van der Waals surface area contributed by atoms with Gasteiger partial charge >= 0.3 is 17.9 Å². The third-order valence-corrected chi connectivity index (χ3v) is 5.12. The van der Waals surface area contributed by atoms with E-state index in [9.17, 15) is 19.2 Å². The van der Waals surface area contributed by atoms with Crippen LogP contribution in [0.2, 0.25) is 10.0 Å². The highest BCUT2D eigenvalue weighted by molar-refractivity contribution is 6.35. The lowest BCUT2D eigenvalue weighted by molar-refractivity contribution is -0.278. The van der Waals surface area contributed by atoms with Gasteiger partial charge in [0.15, 0.2) is 18.5 Å². The van der Waals surface area contributed by atoms with Crippen LogP contribution in [0.25, 0.3) is 0 Å². The molecule has 11 nitrogen and oxygen atoms in total. The van der Waals surface area contributed by atoms with Crippen LogP contribution < -0.4 is 10.1 Å². The van der Waals surface area contributed by atoms with Crippen LogP contribution in [-0.2, 0) is 42.9 Å². The van der Waals surface area contributed by atoms with Crippen molar-refractivity contribution in [1.29, 1.82) is 0 Å². The molecule has 0 aliphatic carbocycles. The highest BCUT2D eigenvalue weighted by Gasteiger charge is 2.51. The fourth-order valence-electron chi connectivity index (χ4n) is 3.34. The number of amides is 1. The summed E-state index contributed by atoms with van der Waals surface area (Å²) in [5, 5.41) is 3.37. The fourth-order valence-corrected chi connectivity index (χ4v) is 3.80. The molecule has 35 heavy (non-hydrogen) atoms. The van der Waals surface area contributed by atoms with E-state index >= 15 is 0 Å². The van der Waals surface area contributed by atoms with Gasteiger partial charge in [-0.25, -0.2) is 0 Å². The lowest BCUT2D eigenvalue weighted by atomic mass is 9.96. The summed E-state index contributed by atoms with van der Waals surface area (Å²) in [5.41, 5.74) is 0. The molecule has 1 amide bonds. The lowest BCUT2D eigenvalue weighted by Crippen LogP contribution is -2.66. The van der Waals surface area contributed by atoms with Crippen molar-refractivity contribution < 1.29 is 47.6 Å². The number of ether oxygens (including phenoxy) is 6. The third kappa shape index (κ3) is 9.17. The quantitative estimate of drug-likeness (QED) is 0.269. The van der Waals surface area contributed by atoms with Crippen molar-refractivity contribution in [1.82, 2.24) is 5.32 Å². The van der Waals surface area contributed by atoms with E-state index < -0.39 is 54.5 Å². The predicted octanol–water partition coefficient (Wildman–Crippen LogP) is 2.04. The van der Waals surface area contributed by atoms with Crippen LogP contribution in [0.3, 0.4) is 0 Å². The van der Waals surface area contributed by atoms with Crippen LogP contribution in [0.4, 0.5) is 0 Å². The maximum absolute atomic E-state index is 11.9. The highest BCUT2D eigenvalue weighted by Crippen LogP contribution is 2.29. The SMILES string of the molecule is CC(=O)N[C@@H]1[C@@H](OCCOc2ccc(Cl)cc2Cl)O[C@@H](COC(C)=O)[C@@H](OC(C)=O)[C@H]1OC(C)=O. The highest BCUT2D eigenvalue weighted by atomic mass is 35.5. The molecule has 1 N–H and O–H groups in total. The Morgan fingerprint density at radius 1 is 0.943 bits per heavy atom. The van der Waals surface area contributed by atoms with Gasteiger partial charge in [-0.05, 0) is 18.2 Å². The van der Waals surface area contributed by atoms with Gasteiger partial charge in [0, 0.05) is 32.7 Å². The Hall–Kier alpha value is -2.60. The molecule has 0 bridgehead atoms. The molecule has 0 spiro atoms. The van der Waals surface area contributed by atoms with Gasteiger partial charge < -0.3 is 33.7 Å². The van der Waals surface area contributed by atoms with Gasteiger partial charge in [0.05, 0.1) is 11.6 Å². The number of esters is 3. The summed E-state index contributed by atoms with van der Waals surface area (Å²) in [7, 11) is 0. The van der Waals surface area contributed by atoms with Crippen LogP contribution in [-0.4, -0.2) is 74.3 Å². The van der Waals surface area contributed by atoms with Gasteiger partial charge in [0.2, 0.25) is 5.91 Å². The molecular weight excluding hydrogens is 509 g/mol. The zero-order valence-electron chi connectivity index (χ0n) is 19.6. The number of nitrogens with one attached hydrogen (secondary N) is 1. The van der Waals surface area contributed by atoms with Crippen LogP contribution in [0, 0.1) is 0 Å². The first kappa shape index (κ1) is 28.6. The normalized spacial score (nSPS) is 23.7. The molecule has 1 aliphatic heterocycles. The summed E-state index contributed by atoms with van der Waals surface area (Å²) in [4.78, 5) is 46.9. The minimum absolute atomic E-state index is 0.0359. The Morgan fingerprint density at radius 3 is 2.17 bits per heavy atom. The molecule has 194 valence electrons. The van der Waals surface area contributed by atoms with E-state index in [4.69, 9.17) is 51.6 Å². The maximum Gasteiger partial charge on any atom is 0.303 e. The standard InChI is InChI=1S/C22H27Cl2NO10/c1-11(26)25-19-21(34-14(4)29)20(33-13(3)28)18(10-32-12(2)27)35-22(19)31-8-7-30-17-6-5-15(23)9-16(17)24/h5-6,9,18-22H,7-8,10H2,1-4H3,(H,25,26)/t18-,19-,20+,21-,22-/m0/s1. The monoisotopic (exact) mass is 535 g/mol. The van der Waals surface area contributed by atoms with E-state index in [1.54, 1.807) is 12.1 Å². The first-order valence-electron chi connectivity index (χ1n) is 10.6. The Balaban J connectivity index is 2.22. The van der Waals surface area contributed by atoms with Crippen molar-refractivity contribution >= 4 is 47.0 Å². The molecule has 1 fully saturated rings. The number of carbonyl (C=O) groups is 4. The molecule has 5 atom stereocenters. The third-order valence-electron chi connectivity index (χ3n) is 4.59. The fraction of sp³-hybridized carbons (Fsp3) is 0.545. The van der Waals surface area contributed by atoms with Crippen molar-refractivity contribution in [2.24, 2.45) is 0 Å². The van der Waals surface area contributed by atoms with Crippen LogP contribution >= 0.6 is 23.2 Å². The molecule has 0 saturated carbocycles. The molecule has 1 saturated heterocycles. The molecule has 1 heterocycles. The first-order chi connectivity index (χ1) is 16.5. The molecule has 1 aliphatic rings. The number of hydrogen-bond acceptors (Lipinski definition) is 10. The van der Waals surface area contributed by atoms with Gasteiger partial charge in [-0.15, -0.1) is 0 Å². The smallest absolute Gasteiger partial charge is 0.303 e. The Kier molecular flexibility index (Phi) is 11.0. The lowest BCUT2D eigenvalue weighted by Gasteiger charge is -2.44. The Labute approximate surface area is 212 Å². The van der Waals surface area contributed by atoms with Crippen LogP contribution in [0.5, 0.6) is 5.75 Å². The van der Waals surface area contributed by atoms with Crippen LogP contribution in [0.1, 0.15) is 27.7 Å². The van der Waals surface area contributed by atoms with Gasteiger partial charge in [-0.2, -0.15) is 0 Å². The summed E-state index contributed by atoms with van der Waals surface area (Å²) in [6.07, 6.45) is -4.64. The molecule has 0 aromatic heterocycles. The minimum atomic E-state index is -1.20. The molecule has 1 aromatic rings. The Morgan fingerprint density at radius 2 is 1.60 bits per heavy atom. The van der Waals surface area contributed by atoms with E-state index in [1.165, 1.54) is 19.9 Å². The van der Waals surface area contributed by atoms with E-state index in [-0.39, 0.29) is 19.8 Å². The summed E-state index contributed by atoms with van der Waals surface area (Å²) >= 11 is 12.0. The second-order valence-corrected chi connectivity index (χ2v) is 8.36. The first-order valence-corrected chi connectivity index (χ1v) is 11.3. The van der Waals surface area contributed by atoms with Gasteiger partial charge in [-0.1, -0.05) is 23.2 Å². The van der Waals surface area contributed by atoms with Gasteiger partial charge in [0.1, 0.15) is 31.1 Å². The zero-order valence-corrected chi connectivity index (χ0v) is 21.1. The number of rotatable bonds is 10. The zero-order chi connectivity index (χ0) is 26.1. The van der Waals surface area contributed by atoms with Crippen molar-refractivity contribution in [2.75, 3.05) is 19.8 Å². The van der Waals surface area contributed by atoms with Crippen molar-refractivity contribution in [3.05, 3.63) is 28.2 Å². The summed E-state index contributed by atoms with van der Waals surface area (Å²) < 4.78 is 33.0. The van der Waals surface area contributed by atoms with E-state index in [1.807, 2.05) is 0 Å². The van der Waals surface area contributed by atoms with E-state index in [0.717, 1.165) is 13.8 Å². The summed E-state index contributed by atoms with van der Waals surface area (Å²) in [6.45, 7) is 4.43. The number of carbonyl (C=O) groups excluding carboxylic acids is 4. The molecule has 13 heteroatoms. The molecule has 0 unspecified atom stereocenters. The molecular formula is C22H27Cl2NO10. The van der Waals surface area contributed by atoms with Gasteiger partial charge in [-0.3, -0.25) is 19.2 Å². The average molecular weight is 536 g/mol. The number of halogens is 2. The molecule has 2 rings (SSSR count). The van der Waals surface area contributed by atoms with Crippen molar-refractivity contribution in [2.45, 2.75) is 58.3 Å². The molecule has 1 aromatic carbocycles. The van der Waals surface area contributed by atoms with E-state index in [0.29, 0.717) is 15.8 Å². The average Bonchev–Trinajstić information content (AvgIpc) is 2.73. The largest absolute Gasteiger partial charge is 0.490 e. The topological polar surface area (TPSA) is 136 Å². The Bertz CT molecular complexity index is 927. The summed E-state index contributed by atoms with van der Waals surface area (Å²) in [5.74, 6) is -2.10. The minimum Gasteiger partial charge on any atom is -0.490 e. The second-order valence-electron chi connectivity index (χ2n) is 7.51.